The van der Waals surface area contributed by atoms with E-state index in [1.54, 1.807) is 0 Å². The van der Waals surface area contributed by atoms with Crippen molar-refractivity contribution in [3.63, 3.8) is 0 Å². The first-order valence-corrected chi connectivity index (χ1v) is 5.08. The van der Waals surface area contributed by atoms with Crippen LogP contribution >= 0.6 is 0 Å². The topological polar surface area (TPSA) is 81.4 Å². The summed E-state index contributed by atoms with van der Waals surface area (Å²) in [6, 6.07) is 0. The van der Waals surface area contributed by atoms with Gasteiger partial charge >= 0.3 is 0 Å². The molecule has 0 heterocycles. The van der Waals surface area contributed by atoms with Gasteiger partial charge in [0.05, 0.1) is 6.10 Å². The number of hydrogen-bond donors (Lipinski definition) is 2. The van der Waals surface area contributed by atoms with Crippen molar-refractivity contribution in [2.24, 2.45) is 5.14 Å². The van der Waals surface area contributed by atoms with E-state index in [9.17, 15) is 8.42 Å². The van der Waals surface area contributed by atoms with Crippen molar-refractivity contribution in [2.45, 2.75) is 31.8 Å². The van der Waals surface area contributed by atoms with Gasteiger partial charge in [-0.2, -0.15) is 8.42 Å². The van der Waals surface area contributed by atoms with E-state index >= 15 is 0 Å². The number of hydrogen-bond acceptors (Lipinski definition) is 3. The highest BCUT2D eigenvalue weighted by Crippen LogP contribution is 2.19. The molecule has 6 heteroatoms. The zero-order chi connectivity index (χ0) is 8.32. The molecule has 0 radical (unpaired) electrons. The fourth-order valence-corrected chi connectivity index (χ4v) is 1.41. The lowest BCUT2D eigenvalue weighted by Gasteiger charge is -2.08. The highest BCUT2D eigenvalue weighted by molar-refractivity contribution is 7.87. The third-order valence-corrected chi connectivity index (χ3v) is 1.96. The summed E-state index contributed by atoms with van der Waals surface area (Å²) in [6.45, 7) is 0. The monoisotopic (exact) mass is 180 g/mol. The Bertz CT molecular complexity index is 208. The number of nitrogens with two attached hydrogens (primary N) is 1. The largest absolute Gasteiger partial charge is 0.296 e. The third-order valence-electron chi connectivity index (χ3n) is 1.63. The number of rotatable bonds is 3. The van der Waals surface area contributed by atoms with Gasteiger partial charge < -0.3 is 0 Å². The van der Waals surface area contributed by atoms with Crippen LogP contribution in [-0.2, 0) is 15.0 Å². The molecule has 1 aliphatic carbocycles. The van der Waals surface area contributed by atoms with Gasteiger partial charge in [0.2, 0.25) is 0 Å². The Morgan fingerprint density at radius 2 is 1.91 bits per heavy atom. The summed E-state index contributed by atoms with van der Waals surface area (Å²) in [7, 11) is -3.68. The van der Waals surface area contributed by atoms with Crippen molar-refractivity contribution in [3.05, 3.63) is 0 Å². The molecule has 0 unspecified atom stereocenters. The quantitative estimate of drug-likeness (QED) is 0.583. The van der Waals surface area contributed by atoms with E-state index < -0.39 is 10.2 Å². The van der Waals surface area contributed by atoms with Crippen LogP contribution in [0.15, 0.2) is 0 Å². The first kappa shape index (κ1) is 8.92. The second kappa shape index (κ2) is 3.48. The fraction of sp³-hybridized carbons (Fsp3) is 1.00. The van der Waals surface area contributed by atoms with Crippen LogP contribution in [0.3, 0.4) is 0 Å². The van der Waals surface area contributed by atoms with Crippen LogP contribution in [0.4, 0.5) is 0 Å². The Kier molecular flexibility index (Phi) is 2.83. The summed E-state index contributed by atoms with van der Waals surface area (Å²) in [6.07, 6.45) is 4.01. The van der Waals surface area contributed by atoms with Crippen LogP contribution in [-0.4, -0.2) is 14.5 Å². The van der Waals surface area contributed by atoms with Crippen molar-refractivity contribution in [2.75, 3.05) is 0 Å². The Morgan fingerprint density at radius 1 is 1.36 bits per heavy atom. The standard InChI is InChI=1S/C5H12N2O3S/c6-11(8,9)7-10-5-3-1-2-4-5/h5,7H,1-4H2,(H2,6,8,9). The fourth-order valence-electron chi connectivity index (χ4n) is 1.14. The molecule has 0 saturated heterocycles. The molecular weight excluding hydrogens is 168 g/mol. The third kappa shape index (κ3) is 3.66. The molecule has 0 aromatic rings. The lowest BCUT2D eigenvalue weighted by Crippen LogP contribution is -2.33. The van der Waals surface area contributed by atoms with Gasteiger partial charge in [0, 0.05) is 0 Å². The minimum absolute atomic E-state index is 0.00771. The molecule has 0 amide bonds. The molecule has 3 N–H and O–H groups in total. The van der Waals surface area contributed by atoms with E-state index in [1.807, 2.05) is 4.89 Å². The van der Waals surface area contributed by atoms with Crippen LogP contribution in [0.5, 0.6) is 0 Å². The Labute approximate surface area is 66.0 Å². The summed E-state index contributed by atoms with van der Waals surface area (Å²) in [5, 5.41) is 4.65. The molecule has 0 aliphatic heterocycles. The van der Waals surface area contributed by atoms with Crippen molar-refractivity contribution in [1.29, 1.82) is 0 Å². The van der Waals surface area contributed by atoms with Gasteiger partial charge in [0.25, 0.3) is 10.2 Å². The highest BCUT2D eigenvalue weighted by atomic mass is 32.2. The minimum atomic E-state index is -3.68. The molecule has 1 aliphatic rings. The van der Waals surface area contributed by atoms with E-state index in [0.717, 1.165) is 25.7 Å². The molecule has 11 heavy (non-hydrogen) atoms. The Balaban J connectivity index is 2.22. The maximum atomic E-state index is 10.3. The van der Waals surface area contributed by atoms with Crippen molar-refractivity contribution < 1.29 is 13.3 Å². The summed E-state index contributed by atoms with van der Waals surface area (Å²) in [5.74, 6) is 0. The lowest BCUT2D eigenvalue weighted by atomic mass is 10.3. The van der Waals surface area contributed by atoms with Crippen LogP contribution in [0, 0.1) is 0 Å². The lowest BCUT2D eigenvalue weighted by molar-refractivity contribution is 0.0223. The first-order valence-electron chi connectivity index (χ1n) is 3.53. The van der Waals surface area contributed by atoms with E-state index in [1.165, 1.54) is 0 Å². The summed E-state index contributed by atoms with van der Waals surface area (Å²) in [5.41, 5.74) is 0. The molecule has 66 valence electrons. The molecule has 1 saturated carbocycles. The van der Waals surface area contributed by atoms with Gasteiger partial charge in [-0.3, -0.25) is 4.84 Å². The van der Waals surface area contributed by atoms with Gasteiger partial charge in [-0.05, 0) is 12.8 Å². The predicted octanol–water partition coefficient (Wildman–Crippen LogP) is -0.346. The Morgan fingerprint density at radius 3 is 2.36 bits per heavy atom. The minimum Gasteiger partial charge on any atom is -0.283 e. The molecule has 0 aromatic heterocycles. The van der Waals surface area contributed by atoms with Gasteiger partial charge in [0.15, 0.2) is 0 Å². The molecule has 0 aromatic carbocycles. The zero-order valence-corrected chi connectivity index (χ0v) is 6.93. The maximum absolute atomic E-state index is 10.3. The smallest absolute Gasteiger partial charge is 0.283 e. The second-order valence-corrected chi connectivity index (χ2v) is 3.91. The molecule has 1 fully saturated rings. The van der Waals surface area contributed by atoms with Crippen molar-refractivity contribution in [3.8, 4) is 0 Å². The van der Waals surface area contributed by atoms with Crippen LogP contribution in [0.1, 0.15) is 25.7 Å². The molecule has 0 spiro atoms. The van der Waals surface area contributed by atoms with Crippen LogP contribution in [0.25, 0.3) is 0 Å². The Hall–Kier alpha value is -0.170. The van der Waals surface area contributed by atoms with Gasteiger partial charge in [-0.25, -0.2) is 5.14 Å². The summed E-state index contributed by atoms with van der Waals surface area (Å²) in [4.78, 5) is 6.62. The average molecular weight is 180 g/mol. The molecule has 5 nitrogen and oxygen atoms in total. The van der Waals surface area contributed by atoms with Crippen molar-refractivity contribution >= 4 is 10.2 Å². The van der Waals surface area contributed by atoms with E-state index in [-0.39, 0.29) is 6.10 Å². The zero-order valence-electron chi connectivity index (χ0n) is 6.12. The van der Waals surface area contributed by atoms with Gasteiger partial charge in [-0.1, -0.05) is 17.7 Å². The van der Waals surface area contributed by atoms with E-state index in [0.29, 0.717) is 0 Å². The average Bonchev–Trinajstić information content (AvgIpc) is 2.32. The van der Waals surface area contributed by atoms with Crippen LogP contribution in [0.2, 0.25) is 0 Å². The summed E-state index contributed by atoms with van der Waals surface area (Å²) < 4.78 is 20.7. The van der Waals surface area contributed by atoms with Gasteiger partial charge in [0.1, 0.15) is 0 Å². The SMILES string of the molecule is NS(=O)(=O)NOC1CCCC1. The first-order chi connectivity index (χ1) is 5.08. The summed E-state index contributed by atoms with van der Waals surface area (Å²) >= 11 is 0. The van der Waals surface area contributed by atoms with E-state index in [2.05, 4.69) is 5.14 Å². The van der Waals surface area contributed by atoms with Crippen molar-refractivity contribution in [1.82, 2.24) is 4.89 Å². The normalized spacial score (nSPS) is 20.8. The van der Waals surface area contributed by atoms with Gasteiger partial charge in [-0.15, -0.1) is 0 Å². The molecule has 0 atom stereocenters. The highest BCUT2D eigenvalue weighted by Gasteiger charge is 2.17. The maximum Gasteiger partial charge on any atom is 0.296 e. The van der Waals surface area contributed by atoms with E-state index in [4.69, 9.17) is 4.84 Å². The van der Waals surface area contributed by atoms with Crippen LogP contribution < -0.4 is 10.0 Å². The molecular formula is C5H12N2O3S. The second-order valence-electron chi connectivity index (χ2n) is 2.65. The predicted molar refractivity (Wildman–Crippen MR) is 39.6 cm³/mol. The molecule has 1 rings (SSSR count). The molecule has 0 bridgehead atoms. The number of nitrogens with one attached hydrogen (secondary N) is 1.